The predicted octanol–water partition coefficient (Wildman–Crippen LogP) is 4.42. The molecule has 0 amide bonds. The van der Waals surface area contributed by atoms with Crippen molar-refractivity contribution < 1.29 is 9.90 Å². The largest absolute Gasteiger partial charge is 0.507 e. The molecule has 0 saturated carbocycles. The van der Waals surface area contributed by atoms with Crippen molar-refractivity contribution in [3.63, 3.8) is 0 Å². The molecule has 5 heteroatoms. The number of aromatic nitrogens is 3. The molecule has 0 bridgehead atoms. The van der Waals surface area contributed by atoms with Crippen LogP contribution in [0.5, 0.6) is 5.75 Å². The van der Waals surface area contributed by atoms with E-state index >= 15 is 0 Å². The van der Waals surface area contributed by atoms with Crippen LogP contribution < -0.4 is 0 Å². The molecule has 0 radical (unpaired) electrons. The first kappa shape index (κ1) is 18.1. The van der Waals surface area contributed by atoms with Gasteiger partial charge in [-0.1, -0.05) is 65.0 Å². The molecule has 1 aromatic heterocycles. The minimum Gasteiger partial charge on any atom is -0.507 e. The molecule has 1 heterocycles. The van der Waals surface area contributed by atoms with E-state index in [0.717, 1.165) is 11.1 Å². The van der Waals surface area contributed by atoms with E-state index in [-0.39, 0.29) is 28.1 Å². The van der Waals surface area contributed by atoms with E-state index in [2.05, 4.69) is 31.1 Å². The van der Waals surface area contributed by atoms with Gasteiger partial charge in [0.15, 0.2) is 0 Å². The summed E-state index contributed by atoms with van der Waals surface area (Å²) in [6.45, 7) is 12.3. The minimum absolute atomic E-state index is 0.00933. The first-order valence-electron chi connectivity index (χ1n) is 8.73. The van der Waals surface area contributed by atoms with Crippen molar-refractivity contribution in [2.75, 3.05) is 0 Å². The van der Waals surface area contributed by atoms with Crippen molar-refractivity contribution in [2.45, 2.75) is 52.4 Å². The van der Waals surface area contributed by atoms with Crippen molar-refractivity contribution in [1.29, 1.82) is 0 Å². The van der Waals surface area contributed by atoms with E-state index < -0.39 is 0 Å². The summed E-state index contributed by atoms with van der Waals surface area (Å²) in [6, 6.07) is 11.0. The molecule has 0 spiro atoms. The van der Waals surface area contributed by atoms with Crippen LogP contribution in [0.15, 0.2) is 36.4 Å². The molecule has 0 saturated heterocycles. The number of aromatic hydroxyl groups is 1. The fourth-order valence-corrected chi connectivity index (χ4v) is 2.94. The highest BCUT2D eigenvalue weighted by Crippen LogP contribution is 2.38. The Hall–Kier alpha value is -2.69. The maximum atomic E-state index is 13.2. The highest BCUT2D eigenvalue weighted by atomic mass is 16.3. The van der Waals surface area contributed by atoms with Crippen LogP contribution in [0.4, 0.5) is 0 Å². The SMILES string of the molecule is CC(C)(C)c1cc(C(=O)n2nnc3ccccc32)c(O)c(C(C)(C)C)c1. The lowest BCUT2D eigenvalue weighted by atomic mass is 9.79. The number of benzene rings is 2. The topological polar surface area (TPSA) is 68.0 Å². The highest BCUT2D eigenvalue weighted by Gasteiger charge is 2.28. The second kappa shape index (κ2) is 5.94. The number of hydrogen-bond acceptors (Lipinski definition) is 4. The Bertz CT molecular complexity index is 989. The second-order valence-corrected chi connectivity index (χ2v) is 8.72. The summed E-state index contributed by atoms with van der Waals surface area (Å²) in [5.74, 6) is -0.372. The fourth-order valence-electron chi connectivity index (χ4n) is 2.94. The Morgan fingerprint density at radius 3 is 2.27 bits per heavy atom. The molecule has 3 rings (SSSR count). The summed E-state index contributed by atoms with van der Waals surface area (Å²) in [5.41, 5.74) is 2.79. The van der Waals surface area contributed by atoms with Gasteiger partial charge in [-0.15, -0.1) is 5.10 Å². The number of nitrogens with zero attached hydrogens (tertiary/aromatic N) is 3. The van der Waals surface area contributed by atoms with E-state index in [0.29, 0.717) is 11.0 Å². The lowest BCUT2D eigenvalue weighted by molar-refractivity contribution is 0.0945. The molecule has 0 fully saturated rings. The van der Waals surface area contributed by atoms with Crippen LogP contribution in [0.25, 0.3) is 11.0 Å². The maximum absolute atomic E-state index is 13.2. The number of para-hydroxylation sites is 1. The number of carbonyl (C=O) groups is 1. The number of phenols is 1. The summed E-state index contributed by atoms with van der Waals surface area (Å²) >= 11 is 0. The van der Waals surface area contributed by atoms with Crippen molar-refractivity contribution in [3.8, 4) is 5.75 Å². The van der Waals surface area contributed by atoms with E-state index in [1.165, 1.54) is 4.68 Å². The molecule has 2 aromatic carbocycles. The molecule has 136 valence electrons. The highest BCUT2D eigenvalue weighted by molar-refractivity contribution is 6.02. The Morgan fingerprint density at radius 2 is 1.65 bits per heavy atom. The molecule has 26 heavy (non-hydrogen) atoms. The first-order valence-corrected chi connectivity index (χ1v) is 8.73. The quantitative estimate of drug-likeness (QED) is 0.705. The van der Waals surface area contributed by atoms with Crippen LogP contribution >= 0.6 is 0 Å². The van der Waals surface area contributed by atoms with Gasteiger partial charge in [-0.05, 0) is 34.6 Å². The molecule has 3 aromatic rings. The van der Waals surface area contributed by atoms with Crippen molar-refractivity contribution in [2.24, 2.45) is 0 Å². The van der Waals surface area contributed by atoms with E-state index in [9.17, 15) is 9.90 Å². The van der Waals surface area contributed by atoms with Gasteiger partial charge < -0.3 is 5.11 Å². The predicted molar refractivity (Wildman–Crippen MR) is 103 cm³/mol. The average Bonchev–Trinajstić information content (AvgIpc) is 2.96. The van der Waals surface area contributed by atoms with Crippen LogP contribution in [0.3, 0.4) is 0 Å². The first-order chi connectivity index (χ1) is 12.0. The van der Waals surface area contributed by atoms with Gasteiger partial charge in [-0.3, -0.25) is 4.79 Å². The third kappa shape index (κ3) is 3.09. The van der Waals surface area contributed by atoms with Crippen LogP contribution in [-0.2, 0) is 10.8 Å². The average molecular weight is 351 g/mol. The van der Waals surface area contributed by atoms with Gasteiger partial charge in [-0.2, -0.15) is 4.68 Å². The summed E-state index contributed by atoms with van der Waals surface area (Å²) in [6.07, 6.45) is 0. The minimum atomic E-state index is -0.382. The standard InChI is InChI=1S/C21H25N3O2/c1-20(2,3)13-11-14(18(25)15(12-13)21(4,5)6)19(26)24-17-10-8-7-9-16(17)22-23-24/h7-12,25H,1-6H3. The van der Waals surface area contributed by atoms with Crippen molar-refractivity contribution in [1.82, 2.24) is 15.0 Å². The number of carbonyl (C=O) groups excluding carboxylic acids is 1. The molecule has 0 aliphatic carbocycles. The van der Waals surface area contributed by atoms with Gasteiger partial charge in [-0.25, -0.2) is 0 Å². The monoisotopic (exact) mass is 351 g/mol. The molecule has 0 atom stereocenters. The number of hydrogen-bond donors (Lipinski definition) is 1. The Kier molecular flexibility index (Phi) is 4.14. The van der Waals surface area contributed by atoms with Gasteiger partial charge in [0.25, 0.3) is 5.91 Å². The molecule has 0 aliphatic heterocycles. The van der Waals surface area contributed by atoms with Gasteiger partial charge in [0.1, 0.15) is 11.3 Å². The molecule has 0 unspecified atom stereocenters. The van der Waals surface area contributed by atoms with Crippen LogP contribution in [0.2, 0.25) is 0 Å². The Balaban J connectivity index is 2.25. The van der Waals surface area contributed by atoms with Crippen LogP contribution in [-0.4, -0.2) is 26.0 Å². The maximum Gasteiger partial charge on any atom is 0.283 e. The third-order valence-electron chi connectivity index (χ3n) is 4.56. The van der Waals surface area contributed by atoms with Gasteiger partial charge in [0, 0.05) is 5.56 Å². The van der Waals surface area contributed by atoms with E-state index in [4.69, 9.17) is 0 Å². The van der Waals surface area contributed by atoms with Crippen LogP contribution in [0, 0.1) is 0 Å². The second-order valence-electron chi connectivity index (χ2n) is 8.72. The summed E-state index contributed by atoms with van der Waals surface area (Å²) in [5, 5.41) is 18.9. The number of rotatable bonds is 1. The van der Waals surface area contributed by atoms with Gasteiger partial charge >= 0.3 is 0 Å². The fraction of sp³-hybridized carbons (Fsp3) is 0.381. The Morgan fingerprint density at radius 1 is 1.00 bits per heavy atom. The summed E-state index contributed by atoms with van der Waals surface area (Å²) in [7, 11) is 0. The molecule has 0 aliphatic rings. The summed E-state index contributed by atoms with van der Waals surface area (Å²) < 4.78 is 1.25. The van der Waals surface area contributed by atoms with Crippen LogP contribution in [0.1, 0.15) is 63.0 Å². The normalized spacial score (nSPS) is 12.5. The molecule has 5 nitrogen and oxygen atoms in total. The number of fused-ring (bicyclic) bond motifs is 1. The van der Waals surface area contributed by atoms with E-state index in [1.807, 2.05) is 39.0 Å². The van der Waals surface area contributed by atoms with Gasteiger partial charge in [0.2, 0.25) is 0 Å². The lowest BCUT2D eigenvalue weighted by Crippen LogP contribution is -2.21. The molecular weight excluding hydrogens is 326 g/mol. The Labute approximate surface area is 153 Å². The van der Waals surface area contributed by atoms with Gasteiger partial charge in [0.05, 0.1) is 11.1 Å². The molecule has 1 N–H and O–H groups in total. The van der Waals surface area contributed by atoms with E-state index in [1.54, 1.807) is 18.2 Å². The van der Waals surface area contributed by atoms with Crippen molar-refractivity contribution in [3.05, 3.63) is 53.1 Å². The van der Waals surface area contributed by atoms with Crippen molar-refractivity contribution >= 4 is 16.9 Å². The zero-order chi connectivity index (χ0) is 19.3. The zero-order valence-corrected chi connectivity index (χ0v) is 16.2. The molecular formula is C21H25N3O2. The summed E-state index contributed by atoms with van der Waals surface area (Å²) in [4.78, 5) is 13.2. The zero-order valence-electron chi connectivity index (χ0n) is 16.2. The lowest BCUT2D eigenvalue weighted by Gasteiger charge is -2.27. The number of phenolic OH excluding ortho intramolecular Hbond substituents is 1. The smallest absolute Gasteiger partial charge is 0.283 e. The third-order valence-corrected chi connectivity index (χ3v) is 4.56.